The lowest BCUT2D eigenvalue weighted by Gasteiger charge is -2.38. The minimum atomic E-state index is -3.34. The molecule has 1 saturated heterocycles. The second-order valence-electron chi connectivity index (χ2n) is 10.6. The van der Waals surface area contributed by atoms with E-state index in [-0.39, 0.29) is 29.7 Å². The molecule has 1 aliphatic rings. The average molecular weight is 648 g/mol. The van der Waals surface area contributed by atoms with Crippen LogP contribution in [0.15, 0.2) is 60.7 Å². The van der Waals surface area contributed by atoms with Crippen LogP contribution in [-0.4, -0.2) is 56.2 Å². The summed E-state index contributed by atoms with van der Waals surface area (Å²) in [6.07, 6.45) is 4.27. The number of nitrogens with zero attached hydrogens (tertiary/aromatic N) is 3. The van der Waals surface area contributed by atoms with Gasteiger partial charge in [-0.1, -0.05) is 25.5 Å². The van der Waals surface area contributed by atoms with Gasteiger partial charge in [0.1, 0.15) is 29.2 Å². The van der Waals surface area contributed by atoms with Gasteiger partial charge in [-0.15, -0.1) is 12.4 Å². The fraction of sp³-hybridized carbons (Fsp3) is 0.355. The first kappa shape index (κ1) is 34.6. The third kappa shape index (κ3) is 9.80. The first-order valence-electron chi connectivity index (χ1n) is 14.1. The van der Waals surface area contributed by atoms with Gasteiger partial charge in [0.05, 0.1) is 17.5 Å². The number of amides is 2. The number of hydrogen-bond acceptors (Lipinski definition) is 6. The molecule has 2 amide bonds. The Labute approximate surface area is 263 Å². The van der Waals surface area contributed by atoms with Crippen LogP contribution in [0.25, 0.3) is 0 Å². The smallest absolute Gasteiger partial charge is 0.322 e. The van der Waals surface area contributed by atoms with Crippen LogP contribution in [0.4, 0.5) is 25.0 Å². The van der Waals surface area contributed by atoms with Crippen molar-refractivity contribution < 1.29 is 26.7 Å². The van der Waals surface area contributed by atoms with E-state index < -0.39 is 27.7 Å². The van der Waals surface area contributed by atoms with Crippen LogP contribution in [-0.2, 0) is 16.6 Å². The number of piperidine rings is 1. The van der Waals surface area contributed by atoms with Crippen molar-refractivity contribution in [3.63, 3.8) is 0 Å². The minimum absolute atomic E-state index is 0. The predicted molar refractivity (Wildman–Crippen MR) is 169 cm³/mol. The molecule has 0 aromatic heterocycles. The minimum Gasteiger partial charge on any atom is -0.457 e. The molecule has 1 aliphatic heterocycles. The number of hydrogen-bond donors (Lipinski definition) is 2. The van der Waals surface area contributed by atoms with Crippen molar-refractivity contribution in [3.05, 3.63) is 83.4 Å². The zero-order valence-corrected chi connectivity index (χ0v) is 26.2. The van der Waals surface area contributed by atoms with E-state index in [9.17, 15) is 22.0 Å². The molecule has 0 unspecified atom stereocenters. The van der Waals surface area contributed by atoms with Crippen molar-refractivity contribution in [1.82, 2.24) is 9.80 Å². The Morgan fingerprint density at radius 2 is 1.66 bits per heavy atom. The normalized spacial score (nSPS) is 13.8. The number of ether oxygens (including phenoxy) is 1. The summed E-state index contributed by atoms with van der Waals surface area (Å²) in [5.41, 5.74) is 1.02. The van der Waals surface area contributed by atoms with Crippen LogP contribution in [0.5, 0.6) is 11.5 Å². The Morgan fingerprint density at radius 3 is 2.23 bits per heavy atom. The van der Waals surface area contributed by atoms with E-state index in [1.165, 1.54) is 0 Å². The van der Waals surface area contributed by atoms with Gasteiger partial charge in [-0.25, -0.2) is 22.0 Å². The molecule has 9 nitrogen and oxygen atoms in total. The Morgan fingerprint density at radius 1 is 1.05 bits per heavy atom. The first-order chi connectivity index (χ1) is 20.5. The van der Waals surface area contributed by atoms with Crippen LogP contribution in [0.1, 0.15) is 43.7 Å². The molecule has 2 N–H and O–H groups in total. The maximum absolute atomic E-state index is 14.3. The first-order valence-corrected chi connectivity index (χ1v) is 16.0. The quantitative estimate of drug-likeness (QED) is 0.239. The van der Waals surface area contributed by atoms with Crippen LogP contribution < -0.4 is 14.8 Å². The summed E-state index contributed by atoms with van der Waals surface area (Å²) in [6, 6.07) is 17.2. The van der Waals surface area contributed by atoms with Crippen LogP contribution in [0, 0.1) is 23.0 Å². The van der Waals surface area contributed by atoms with E-state index >= 15 is 0 Å². The molecule has 1 fully saturated rings. The second-order valence-corrected chi connectivity index (χ2v) is 12.3. The number of likely N-dealkylation sites (tertiary alicyclic amines) is 1. The average Bonchev–Trinajstić information content (AvgIpc) is 2.97. The molecule has 0 spiro atoms. The number of carbonyl (C=O) groups is 1. The van der Waals surface area contributed by atoms with E-state index in [0.717, 1.165) is 63.2 Å². The molecule has 3 aromatic rings. The molecule has 0 bridgehead atoms. The highest BCUT2D eigenvalue weighted by atomic mass is 35.5. The van der Waals surface area contributed by atoms with Crippen LogP contribution in [0.3, 0.4) is 0 Å². The molecule has 0 atom stereocenters. The van der Waals surface area contributed by atoms with Crippen LogP contribution in [0.2, 0.25) is 0 Å². The largest absolute Gasteiger partial charge is 0.457 e. The molecular formula is C31H36ClF2N5O4S. The lowest BCUT2D eigenvalue weighted by molar-refractivity contribution is 0.122. The van der Waals surface area contributed by atoms with Gasteiger partial charge in [0.2, 0.25) is 10.0 Å². The number of nitriles is 1. The van der Waals surface area contributed by atoms with Crippen molar-refractivity contribution in [2.75, 3.05) is 35.9 Å². The molecule has 13 heteroatoms. The Bertz CT molecular complexity index is 1560. The topological polar surface area (TPSA) is 115 Å². The molecule has 3 aromatic carbocycles. The fourth-order valence-corrected chi connectivity index (χ4v) is 5.51. The summed E-state index contributed by atoms with van der Waals surface area (Å²) in [4.78, 5) is 17.2. The molecule has 44 heavy (non-hydrogen) atoms. The predicted octanol–water partition coefficient (Wildman–Crippen LogP) is 6.72. The standard InChI is InChI=1S/C31H35F2N5O4S.ClH/c1-3-4-15-38(31(39)35-30-18-23(20-34)28(32)19-29(30)33)25-13-16-37(17-14-25)21-22-5-9-26(10-6-22)42-27-11-7-24(8-12-27)36-43(2,40)41;/h5-12,18-19,25,36H,3-4,13-17,21H2,1-2H3,(H,35,39);1H. The summed E-state index contributed by atoms with van der Waals surface area (Å²) < 4.78 is 59.1. The summed E-state index contributed by atoms with van der Waals surface area (Å²) in [5, 5.41) is 11.6. The molecule has 4 rings (SSSR count). The van der Waals surface area contributed by atoms with Crippen molar-refractivity contribution in [2.24, 2.45) is 0 Å². The van der Waals surface area contributed by atoms with E-state index in [0.29, 0.717) is 29.8 Å². The molecular weight excluding hydrogens is 612 g/mol. The molecule has 1 heterocycles. The maximum Gasteiger partial charge on any atom is 0.322 e. The Kier molecular flexibility index (Phi) is 12.3. The highest BCUT2D eigenvalue weighted by Gasteiger charge is 2.28. The third-order valence-electron chi connectivity index (χ3n) is 7.15. The number of anilines is 2. The molecule has 0 aliphatic carbocycles. The number of unbranched alkanes of at least 4 members (excludes halogenated alkanes) is 1. The number of sulfonamides is 1. The van der Waals surface area contributed by atoms with Crippen molar-refractivity contribution in [3.8, 4) is 17.6 Å². The van der Waals surface area contributed by atoms with Gasteiger partial charge in [0.25, 0.3) is 0 Å². The molecule has 0 radical (unpaired) electrons. The number of carbonyl (C=O) groups excluding carboxylic acids is 1. The van der Waals surface area contributed by atoms with Gasteiger partial charge < -0.3 is 15.0 Å². The fourth-order valence-electron chi connectivity index (χ4n) is 4.95. The van der Waals surface area contributed by atoms with Crippen molar-refractivity contribution >= 4 is 39.8 Å². The summed E-state index contributed by atoms with van der Waals surface area (Å²) in [7, 11) is -3.34. The molecule has 236 valence electrons. The zero-order chi connectivity index (χ0) is 31.0. The number of benzene rings is 3. The second kappa shape index (κ2) is 15.7. The van der Waals surface area contributed by atoms with Gasteiger partial charge >= 0.3 is 6.03 Å². The highest BCUT2D eigenvalue weighted by Crippen LogP contribution is 2.26. The van der Waals surface area contributed by atoms with Crippen molar-refractivity contribution in [1.29, 1.82) is 5.26 Å². The van der Waals surface area contributed by atoms with Gasteiger partial charge in [-0.2, -0.15) is 5.26 Å². The van der Waals surface area contributed by atoms with E-state index in [4.69, 9.17) is 10.00 Å². The maximum atomic E-state index is 14.3. The Hall–Kier alpha value is -3.92. The number of rotatable bonds is 11. The SMILES string of the molecule is CCCCN(C(=O)Nc1cc(C#N)c(F)cc1F)C1CCN(Cc2ccc(Oc3ccc(NS(C)(=O)=O)cc3)cc2)CC1.Cl. The summed E-state index contributed by atoms with van der Waals surface area (Å²) in [6.45, 7) is 4.83. The lowest BCUT2D eigenvalue weighted by atomic mass is 10.0. The van der Waals surface area contributed by atoms with Gasteiger partial charge in [-0.3, -0.25) is 9.62 Å². The Balaban J connectivity index is 0.00000529. The van der Waals surface area contributed by atoms with Gasteiger partial charge in [-0.05, 0) is 67.3 Å². The number of nitrogens with one attached hydrogen (secondary N) is 2. The van der Waals surface area contributed by atoms with Crippen LogP contribution >= 0.6 is 12.4 Å². The molecule has 0 saturated carbocycles. The zero-order valence-electron chi connectivity index (χ0n) is 24.6. The highest BCUT2D eigenvalue weighted by molar-refractivity contribution is 7.92. The monoisotopic (exact) mass is 647 g/mol. The van der Waals surface area contributed by atoms with E-state index in [2.05, 4.69) is 14.9 Å². The van der Waals surface area contributed by atoms with Crippen molar-refractivity contribution in [2.45, 2.75) is 45.2 Å². The van der Waals surface area contributed by atoms with Gasteiger partial charge in [0.15, 0.2) is 0 Å². The third-order valence-corrected chi connectivity index (χ3v) is 7.76. The summed E-state index contributed by atoms with van der Waals surface area (Å²) in [5.74, 6) is -0.653. The number of halogens is 3. The summed E-state index contributed by atoms with van der Waals surface area (Å²) >= 11 is 0. The van der Waals surface area contributed by atoms with E-state index in [1.54, 1.807) is 35.2 Å². The van der Waals surface area contributed by atoms with Gasteiger partial charge in [0, 0.05) is 44.0 Å². The van der Waals surface area contributed by atoms with E-state index in [1.807, 2.05) is 31.2 Å². The lowest BCUT2D eigenvalue weighted by Crippen LogP contribution is -2.49. The number of urea groups is 1.